The molecule has 0 bridgehead atoms. The van der Waals surface area contributed by atoms with Gasteiger partial charge in [0.1, 0.15) is 0 Å². The van der Waals surface area contributed by atoms with Crippen LogP contribution in [0.5, 0.6) is 0 Å². The highest BCUT2D eigenvalue weighted by molar-refractivity contribution is 6.44. The third-order valence-corrected chi connectivity index (χ3v) is 5.84. The van der Waals surface area contributed by atoms with E-state index in [4.69, 9.17) is 0 Å². The summed E-state index contributed by atoms with van der Waals surface area (Å²) in [5.74, 6) is -2.37. The van der Waals surface area contributed by atoms with Gasteiger partial charge in [0.25, 0.3) is 17.6 Å². The molecule has 0 spiro atoms. The van der Waals surface area contributed by atoms with Gasteiger partial charge in [-0.1, -0.05) is 23.4 Å². The second-order valence-electron chi connectivity index (χ2n) is 7.89. The van der Waals surface area contributed by atoms with E-state index in [-0.39, 0.29) is 36.5 Å². The Labute approximate surface area is 193 Å². The fourth-order valence-corrected chi connectivity index (χ4v) is 4.07. The number of carbonyl (C=O) groups excluding carboxylic acids is 3. The molecular formula is C23H20FN7O3. The molecular weight excluding hydrogens is 441 g/mol. The molecule has 0 aliphatic carbocycles. The molecule has 1 saturated heterocycles. The van der Waals surface area contributed by atoms with Crippen molar-refractivity contribution >= 4 is 28.5 Å². The van der Waals surface area contributed by atoms with E-state index in [1.165, 1.54) is 22.0 Å². The van der Waals surface area contributed by atoms with Gasteiger partial charge in [0.15, 0.2) is 5.82 Å². The molecule has 1 aromatic carbocycles. The molecule has 0 saturated carbocycles. The monoisotopic (exact) mass is 461 g/mol. The Bertz CT molecular complexity index is 1360. The van der Waals surface area contributed by atoms with Gasteiger partial charge in [-0.2, -0.15) is 0 Å². The molecule has 0 unspecified atom stereocenters. The Morgan fingerprint density at radius 2 is 1.76 bits per heavy atom. The van der Waals surface area contributed by atoms with Crippen molar-refractivity contribution in [2.45, 2.75) is 6.54 Å². The molecule has 4 aromatic rings. The largest absolute Gasteiger partial charge is 0.359 e. The van der Waals surface area contributed by atoms with Gasteiger partial charge in [0.2, 0.25) is 0 Å². The number of ketones is 1. The third kappa shape index (κ3) is 3.91. The molecule has 172 valence electrons. The number of aromatic nitrogens is 5. The predicted octanol–water partition coefficient (Wildman–Crippen LogP) is 1.51. The number of fused-ring (bicyclic) bond motifs is 1. The fraction of sp³-hybridized carbons (Fsp3) is 0.217. The van der Waals surface area contributed by atoms with Crippen molar-refractivity contribution in [3.8, 4) is 0 Å². The summed E-state index contributed by atoms with van der Waals surface area (Å²) in [6.45, 7) is 1.26. The van der Waals surface area contributed by atoms with E-state index in [9.17, 15) is 18.8 Å². The van der Waals surface area contributed by atoms with Gasteiger partial charge >= 0.3 is 0 Å². The van der Waals surface area contributed by atoms with Gasteiger partial charge in [-0.25, -0.2) is 9.07 Å². The smallest absolute Gasteiger partial charge is 0.295 e. The van der Waals surface area contributed by atoms with Crippen molar-refractivity contribution in [3.63, 3.8) is 0 Å². The number of amides is 2. The summed E-state index contributed by atoms with van der Waals surface area (Å²) in [6, 6.07) is 8.89. The number of hydrogen-bond donors (Lipinski definition) is 1. The number of halogens is 1. The summed E-state index contributed by atoms with van der Waals surface area (Å²) in [5, 5.41) is 7.62. The van der Waals surface area contributed by atoms with Crippen molar-refractivity contribution in [3.05, 3.63) is 77.8 Å². The van der Waals surface area contributed by atoms with E-state index in [0.29, 0.717) is 29.9 Å². The number of nitrogens with one attached hydrogen (secondary N) is 1. The maximum Gasteiger partial charge on any atom is 0.295 e. The molecule has 0 atom stereocenters. The highest BCUT2D eigenvalue weighted by atomic mass is 19.1. The quantitative estimate of drug-likeness (QED) is 0.356. The first kappa shape index (κ1) is 21.4. The second-order valence-corrected chi connectivity index (χ2v) is 7.89. The molecule has 1 N–H and O–H groups in total. The maximum atomic E-state index is 14.7. The number of hydrogen-bond acceptors (Lipinski definition) is 6. The number of aromatic amines is 1. The zero-order valence-corrected chi connectivity index (χ0v) is 18.0. The lowest BCUT2D eigenvalue weighted by Crippen LogP contribution is -2.52. The van der Waals surface area contributed by atoms with Gasteiger partial charge in [-0.05, 0) is 12.1 Å². The molecule has 2 amide bonds. The van der Waals surface area contributed by atoms with Gasteiger partial charge in [0.05, 0.1) is 41.1 Å². The van der Waals surface area contributed by atoms with Crippen LogP contribution in [-0.2, 0) is 11.3 Å². The van der Waals surface area contributed by atoms with Crippen molar-refractivity contribution in [2.24, 2.45) is 0 Å². The highest BCUT2D eigenvalue weighted by Crippen LogP contribution is 2.25. The Balaban J connectivity index is 1.31. The van der Waals surface area contributed by atoms with Crippen LogP contribution < -0.4 is 0 Å². The third-order valence-electron chi connectivity index (χ3n) is 5.84. The molecule has 1 aliphatic rings. The van der Waals surface area contributed by atoms with E-state index in [1.54, 1.807) is 35.4 Å². The maximum absolute atomic E-state index is 14.7. The Hall–Kier alpha value is -4.41. The van der Waals surface area contributed by atoms with Gasteiger partial charge in [-0.3, -0.25) is 19.4 Å². The average molecular weight is 461 g/mol. The van der Waals surface area contributed by atoms with Crippen LogP contribution in [0.4, 0.5) is 4.39 Å². The SMILES string of the molecule is O=C(C(=O)N1CCN(C(=O)c2ccccc2)CC1)c1c[nH]c2c(Cn3ccnn3)ncc(F)c12. The van der Waals surface area contributed by atoms with Gasteiger partial charge in [-0.15, -0.1) is 5.10 Å². The topological polar surface area (TPSA) is 117 Å². The van der Waals surface area contributed by atoms with E-state index in [2.05, 4.69) is 20.3 Å². The van der Waals surface area contributed by atoms with Crippen LogP contribution in [-0.4, -0.2) is 78.5 Å². The zero-order chi connectivity index (χ0) is 23.7. The van der Waals surface area contributed by atoms with Crippen molar-refractivity contribution in [1.29, 1.82) is 0 Å². The minimum Gasteiger partial charge on any atom is -0.359 e. The first-order chi connectivity index (χ1) is 16.5. The van der Waals surface area contributed by atoms with Gasteiger partial charge in [0, 0.05) is 44.1 Å². The average Bonchev–Trinajstić information content (AvgIpc) is 3.56. The number of benzene rings is 1. The standard InChI is InChI=1S/C23H20FN7O3/c24-17-13-25-18(14-31-7-6-27-28-31)20-19(17)16(12-26-20)21(32)23(34)30-10-8-29(9-11-30)22(33)15-4-2-1-3-5-15/h1-7,12-13,26H,8-11,14H2. The van der Waals surface area contributed by atoms with Gasteiger partial charge < -0.3 is 14.8 Å². The molecule has 1 fully saturated rings. The van der Waals surface area contributed by atoms with Crippen LogP contribution >= 0.6 is 0 Å². The highest BCUT2D eigenvalue weighted by Gasteiger charge is 2.31. The minimum absolute atomic E-state index is 0.0151. The number of rotatable bonds is 5. The van der Waals surface area contributed by atoms with E-state index in [0.717, 1.165) is 6.20 Å². The normalized spacial score (nSPS) is 13.9. The molecule has 4 heterocycles. The van der Waals surface area contributed by atoms with Crippen molar-refractivity contribution < 1.29 is 18.8 Å². The lowest BCUT2D eigenvalue weighted by molar-refractivity contribution is -0.127. The molecule has 11 heteroatoms. The first-order valence-electron chi connectivity index (χ1n) is 10.7. The fourth-order valence-electron chi connectivity index (χ4n) is 4.07. The molecule has 34 heavy (non-hydrogen) atoms. The number of carbonyl (C=O) groups is 3. The van der Waals surface area contributed by atoms with Crippen LogP contribution in [0.25, 0.3) is 10.9 Å². The Morgan fingerprint density at radius 1 is 1.03 bits per heavy atom. The lowest BCUT2D eigenvalue weighted by atomic mass is 10.1. The summed E-state index contributed by atoms with van der Waals surface area (Å²) in [4.78, 5) is 48.6. The molecule has 3 aromatic heterocycles. The number of H-pyrrole nitrogens is 1. The molecule has 10 nitrogen and oxygen atoms in total. The summed E-state index contributed by atoms with van der Waals surface area (Å²) >= 11 is 0. The number of piperazine rings is 1. The summed E-state index contributed by atoms with van der Waals surface area (Å²) in [6.07, 6.45) is 5.50. The summed E-state index contributed by atoms with van der Waals surface area (Å²) in [5.41, 5.74) is 1.30. The number of nitrogens with zero attached hydrogens (tertiary/aromatic N) is 6. The van der Waals surface area contributed by atoms with Crippen LogP contribution in [0.3, 0.4) is 0 Å². The summed E-state index contributed by atoms with van der Waals surface area (Å²) < 4.78 is 16.2. The van der Waals surface area contributed by atoms with E-state index >= 15 is 0 Å². The molecule has 0 radical (unpaired) electrons. The van der Waals surface area contributed by atoms with Crippen LogP contribution in [0, 0.1) is 5.82 Å². The minimum atomic E-state index is -0.814. The predicted molar refractivity (Wildman–Crippen MR) is 118 cm³/mol. The van der Waals surface area contributed by atoms with Crippen LogP contribution in [0.15, 0.2) is 55.1 Å². The van der Waals surface area contributed by atoms with Crippen LogP contribution in [0.1, 0.15) is 26.4 Å². The lowest BCUT2D eigenvalue weighted by Gasteiger charge is -2.34. The van der Waals surface area contributed by atoms with Crippen molar-refractivity contribution in [2.75, 3.05) is 26.2 Å². The van der Waals surface area contributed by atoms with Crippen LogP contribution in [0.2, 0.25) is 0 Å². The number of pyridine rings is 1. The van der Waals surface area contributed by atoms with E-state index < -0.39 is 17.5 Å². The molecule has 5 rings (SSSR count). The Kier molecular flexibility index (Phi) is 5.58. The second kappa shape index (κ2) is 8.85. The van der Waals surface area contributed by atoms with E-state index in [1.807, 2.05) is 6.07 Å². The summed E-state index contributed by atoms with van der Waals surface area (Å²) in [7, 11) is 0. The molecule has 1 aliphatic heterocycles. The first-order valence-corrected chi connectivity index (χ1v) is 10.7. The number of Topliss-reactive ketones (excluding diaryl/α,β-unsaturated/α-hetero) is 1. The zero-order valence-electron chi connectivity index (χ0n) is 18.0. The van der Waals surface area contributed by atoms with Crippen molar-refractivity contribution in [1.82, 2.24) is 34.8 Å². The Morgan fingerprint density at radius 3 is 2.47 bits per heavy atom.